The number of aromatic hydroxyl groups is 1. The summed E-state index contributed by atoms with van der Waals surface area (Å²) in [6, 6.07) is 17.9. The van der Waals surface area contributed by atoms with Gasteiger partial charge in [-0.25, -0.2) is 4.79 Å². The van der Waals surface area contributed by atoms with Crippen molar-refractivity contribution in [3.05, 3.63) is 72.3 Å². The zero-order chi connectivity index (χ0) is 30.9. The van der Waals surface area contributed by atoms with Gasteiger partial charge in [-0.1, -0.05) is 82.5 Å². The maximum atomic E-state index is 14.3. The average Bonchev–Trinajstić information content (AvgIpc) is 2.92. The molecule has 0 aromatic heterocycles. The van der Waals surface area contributed by atoms with Crippen molar-refractivity contribution < 1.29 is 24.2 Å². The SMILES string of the molecule is CCCCCCN(C(=O)C(NC(=O)OC(C)(C)C)C(C)C)C(C(=O)Nc1ccc2ccccc2c1)c1ccc(O)cc1. The van der Waals surface area contributed by atoms with Crippen LogP contribution in [0.25, 0.3) is 10.8 Å². The predicted octanol–water partition coefficient (Wildman–Crippen LogP) is 7.18. The van der Waals surface area contributed by atoms with E-state index in [2.05, 4.69) is 17.6 Å². The number of rotatable bonds is 12. The molecule has 0 aliphatic carbocycles. The predicted molar refractivity (Wildman–Crippen MR) is 167 cm³/mol. The maximum absolute atomic E-state index is 14.3. The number of amides is 3. The van der Waals surface area contributed by atoms with Crippen LogP contribution >= 0.6 is 0 Å². The zero-order valence-electron chi connectivity index (χ0n) is 25.6. The summed E-state index contributed by atoms with van der Waals surface area (Å²) >= 11 is 0. The normalized spacial score (nSPS) is 12.9. The number of anilines is 1. The topological polar surface area (TPSA) is 108 Å². The minimum absolute atomic E-state index is 0.0555. The number of ether oxygens (including phenoxy) is 1. The fourth-order valence-electron chi connectivity index (χ4n) is 4.81. The van der Waals surface area contributed by atoms with Gasteiger partial charge in [0.05, 0.1) is 0 Å². The minimum Gasteiger partial charge on any atom is -0.508 e. The van der Waals surface area contributed by atoms with Crippen molar-refractivity contribution in [2.75, 3.05) is 11.9 Å². The van der Waals surface area contributed by atoms with E-state index in [4.69, 9.17) is 4.74 Å². The Balaban J connectivity index is 2.01. The summed E-state index contributed by atoms with van der Waals surface area (Å²) < 4.78 is 5.45. The Morgan fingerprint density at radius 1 is 0.905 bits per heavy atom. The molecule has 0 radical (unpaired) electrons. The number of hydrogen-bond donors (Lipinski definition) is 3. The van der Waals surface area contributed by atoms with Gasteiger partial charge < -0.3 is 25.4 Å². The Morgan fingerprint density at radius 3 is 2.19 bits per heavy atom. The van der Waals surface area contributed by atoms with E-state index < -0.39 is 23.8 Å². The zero-order valence-corrected chi connectivity index (χ0v) is 25.6. The lowest BCUT2D eigenvalue weighted by Crippen LogP contribution is -2.54. The quantitative estimate of drug-likeness (QED) is 0.198. The number of nitrogens with zero attached hydrogens (tertiary/aromatic N) is 1. The van der Waals surface area contributed by atoms with E-state index in [1.54, 1.807) is 37.8 Å². The molecule has 8 nitrogen and oxygen atoms in total. The molecule has 3 N–H and O–H groups in total. The molecule has 0 fully saturated rings. The van der Waals surface area contributed by atoms with Gasteiger partial charge in [0.15, 0.2) is 0 Å². The van der Waals surface area contributed by atoms with Gasteiger partial charge in [-0.15, -0.1) is 0 Å². The van der Waals surface area contributed by atoms with Crippen LogP contribution in [0.2, 0.25) is 0 Å². The van der Waals surface area contributed by atoms with E-state index in [1.165, 1.54) is 12.1 Å². The van der Waals surface area contributed by atoms with E-state index in [1.807, 2.05) is 56.3 Å². The summed E-state index contributed by atoms with van der Waals surface area (Å²) in [6.07, 6.45) is 2.91. The lowest BCUT2D eigenvalue weighted by molar-refractivity contribution is -0.141. The molecule has 3 aromatic rings. The standard InChI is InChI=1S/C34H45N3O5/c1-7-8-9-12-21-37(32(40)29(23(2)3)36-33(41)42-34(4,5)6)30(25-16-19-28(38)20-17-25)31(39)35-27-18-15-24-13-10-11-14-26(24)22-27/h10-11,13-20,22-23,29-30,38H,7-9,12,21H2,1-6H3,(H,35,39)(H,36,41). The molecular weight excluding hydrogens is 530 g/mol. The summed E-state index contributed by atoms with van der Waals surface area (Å²) in [7, 11) is 0. The summed E-state index contributed by atoms with van der Waals surface area (Å²) in [6.45, 7) is 11.4. The van der Waals surface area contributed by atoms with Crippen LogP contribution in [-0.4, -0.2) is 46.1 Å². The van der Waals surface area contributed by atoms with Gasteiger partial charge in [-0.05, 0) is 73.7 Å². The average molecular weight is 576 g/mol. The number of carbonyl (C=O) groups excluding carboxylic acids is 3. The van der Waals surface area contributed by atoms with E-state index in [-0.39, 0.29) is 23.5 Å². The van der Waals surface area contributed by atoms with Crippen molar-refractivity contribution in [1.82, 2.24) is 10.2 Å². The monoisotopic (exact) mass is 575 g/mol. The molecule has 0 bridgehead atoms. The molecule has 0 aliphatic heterocycles. The number of unbranched alkanes of at least 4 members (excludes halogenated alkanes) is 3. The molecule has 2 atom stereocenters. The molecule has 0 spiro atoms. The second-order valence-electron chi connectivity index (χ2n) is 12.0. The lowest BCUT2D eigenvalue weighted by Gasteiger charge is -2.35. The highest BCUT2D eigenvalue weighted by atomic mass is 16.6. The van der Waals surface area contributed by atoms with Crippen LogP contribution in [0.4, 0.5) is 10.5 Å². The van der Waals surface area contributed by atoms with E-state index in [0.29, 0.717) is 24.2 Å². The van der Waals surface area contributed by atoms with E-state index in [9.17, 15) is 19.5 Å². The Bertz CT molecular complexity index is 1350. The highest BCUT2D eigenvalue weighted by Gasteiger charge is 2.37. The third kappa shape index (κ3) is 9.23. The van der Waals surface area contributed by atoms with Crippen LogP contribution in [0, 0.1) is 5.92 Å². The first-order valence-corrected chi connectivity index (χ1v) is 14.8. The second-order valence-corrected chi connectivity index (χ2v) is 12.0. The number of fused-ring (bicyclic) bond motifs is 1. The number of nitrogens with one attached hydrogen (secondary N) is 2. The van der Waals surface area contributed by atoms with Gasteiger partial charge >= 0.3 is 6.09 Å². The Hall–Kier alpha value is -4.07. The number of phenols is 1. The molecular formula is C34H45N3O5. The summed E-state index contributed by atoms with van der Waals surface area (Å²) in [5, 5.41) is 17.8. The molecule has 42 heavy (non-hydrogen) atoms. The molecule has 0 aliphatic rings. The first-order chi connectivity index (χ1) is 19.9. The summed E-state index contributed by atoms with van der Waals surface area (Å²) in [4.78, 5) is 42.7. The van der Waals surface area contributed by atoms with Gasteiger partial charge in [-0.2, -0.15) is 0 Å². The summed E-state index contributed by atoms with van der Waals surface area (Å²) in [5.74, 6) is -0.981. The van der Waals surface area contributed by atoms with Crippen LogP contribution in [0.15, 0.2) is 66.7 Å². The molecule has 3 aromatic carbocycles. The fraction of sp³-hybridized carbons (Fsp3) is 0.441. The van der Waals surface area contributed by atoms with Gasteiger partial charge in [0.1, 0.15) is 23.4 Å². The number of carbonyl (C=O) groups is 3. The van der Waals surface area contributed by atoms with Crippen molar-refractivity contribution in [3.8, 4) is 5.75 Å². The van der Waals surface area contributed by atoms with Crippen molar-refractivity contribution in [3.63, 3.8) is 0 Å². The molecule has 3 amide bonds. The minimum atomic E-state index is -1.01. The lowest BCUT2D eigenvalue weighted by atomic mass is 9.98. The van der Waals surface area contributed by atoms with Gasteiger partial charge in [-0.3, -0.25) is 9.59 Å². The van der Waals surface area contributed by atoms with Crippen LogP contribution in [0.3, 0.4) is 0 Å². The Kier molecular flexibility index (Phi) is 11.4. The molecule has 0 saturated carbocycles. The van der Waals surface area contributed by atoms with Gasteiger partial charge in [0, 0.05) is 12.2 Å². The first kappa shape index (κ1) is 32.4. The van der Waals surface area contributed by atoms with Crippen LogP contribution < -0.4 is 10.6 Å². The molecule has 0 heterocycles. The van der Waals surface area contributed by atoms with Gasteiger partial charge in [0.2, 0.25) is 5.91 Å². The molecule has 8 heteroatoms. The second kappa shape index (κ2) is 14.7. The molecule has 3 rings (SSSR count). The highest BCUT2D eigenvalue weighted by molar-refractivity contribution is 6.00. The van der Waals surface area contributed by atoms with E-state index >= 15 is 0 Å². The van der Waals surface area contributed by atoms with Crippen molar-refractivity contribution >= 4 is 34.4 Å². The van der Waals surface area contributed by atoms with Crippen molar-refractivity contribution in [1.29, 1.82) is 0 Å². The fourth-order valence-corrected chi connectivity index (χ4v) is 4.81. The Labute approximate surface area is 249 Å². The largest absolute Gasteiger partial charge is 0.508 e. The molecule has 0 saturated heterocycles. The van der Waals surface area contributed by atoms with Crippen LogP contribution in [0.5, 0.6) is 5.75 Å². The number of alkyl carbamates (subject to hydrolysis) is 1. The number of benzene rings is 3. The van der Waals surface area contributed by atoms with Gasteiger partial charge in [0.25, 0.3) is 5.91 Å². The Morgan fingerprint density at radius 2 is 1.57 bits per heavy atom. The number of phenolic OH excluding ortho intramolecular Hbond substituents is 1. The van der Waals surface area contributed by atoms with Crippen molar-refractivity contribution in [2.45, 2.75) is 84.9 Å². The van der Waals surface area contributed by atoms with E-state index in [0.717, 1.165) is 30.0 Å². The maximum Gasteiger partial charge on any atom is 0.408 e. The number of hydrogen-bond acceptors (Lipinski definition) is 5. The summed E-state index contributed by atoms with van der Waals surface area (Å²) in [5.41, 5.74) is 0.422. The van der Waals surface area contributed by atoms with Crippen LogP contribution in [-0.2, 0) is 14.3 Å². The first-order valence-electron chi connectivity index (χ1n) is 14.8. The molecule has 226 valence electrons. The van der Waals surface area contributed by atoms with Crippen LogP contribution in [0.1, 0.15) is 78.8 Å². The third-order valence-corrected chi connectivity index (χ3v) is 6.93. The smallest absolute Gasteiger partial charge is 0.408 e. The highest BCUT2D eigenvalue weighted by Crippen LogP contribution is 2.28. The molecule has 2 unspecified atom stereocenters. The van der Waals surface area contributed by atoms with Crippen molar-refractivity contribution in [2.24, 2.45) is 5.92 Å². The third-order valence-electron chi connectivity index (χ3n) is 6.93.